The molecule has 1 N–H and O–H groups in total. The molecular formula is C16H29N3O. The summed E-state index contributed by atoms with van der Waals surface area (Å²) < 4.78 is 1.82. The molecule has 0 aliphatic rings. The van der Waals surface area contributed by atoms with Gasteiger partial charge in [0.15, 0.2) is 0 Å². The van der Waals surface area contributed by atoms with Crippen molar-refractivity contribution in [1.29, 1.82) is 0 Å². The molecule has 1 heterocycles. The molecule has 0 amide bonds. The highest BCUT2D eigenvalue weighted by molar-refractivity contribution is 5.78. The third-order valence-corrected chi connectivity index (χ3v) is 3.82. The molecule has 20 heavy (non-hydrogen) atoms. The number of nitrogens with zero attached hydrogens (tertiary/aromatic N) is 3. The second-order valence-electron chi connectivity index (χ2n) is 5.58. The molecule has 0 aromatic carbocycles. The summed E-state index contributed by atoms with van der Waals surface area (Å²) in [6.07, 6.45) is 13.6. The SMILES string of the molecule is CCCCCCC(CCCC)c1cn(C)nc1/C=N/O. The lowest BCUT2D eigenvalue weighted by molar-refractivity contribution is 0.321. The molecule has 0 aliphatic carbocycles. The van der Waals surface area contributed by atoms with E-state index >= 15 is 0 Å². The molecule has 1 atom stereocenters. The van der Waals surface area contributed by atoms with Crippen LogP contribution in [0.1, 0.15) is 82.4 Å². The van der Waals surface area contributed by atoms with Crippen molar-refractivity contribution in [3.05, 3.63) is 17.5 Å². The number of unbranched alkanes of at least 4 members (excludes halogenated alkanes) is 4. The predicted molar refractivity (Wildman–Crippen MR) is 83.6 cm³/mol. The molecule has 1 aromatic heterocycles. The molecule has 0 spiro atoms. The molecule has 1 aromatic rings. The molecule has 4 heteroatoms. The lowest BCUT2D eigenvalue weighted by Gasteiger charge is -2.16. The van der Waals surface area contributed by atoms with E-state index in [1.165, 1.54) is 63.1 Å². The largest absolute Gasteiger partial charge is 0.411 e. The van der Waals surface area contributed by atoms with Crippen molar-refractivity contribution >= 4 is 6.21 Å². The van der Waals surface area contributed by atoms with E-state index in [0.29, 0.717) is 5.92 Å². The summed E-state index contributed by atoms with van der Waals surface area (Å²) in [7, 11) is 1.92. The molecule has 0 bridgehead atoms. The van der Waals surface area contributed by atoms with Crippen LogP contribution in [0.2, 0.25) is 0 Å². The minimum Gasteiger partial charge on any atom is -0.411 e. The zero-order chi connectivity index (χ0) is 14.8. The van der Waals surface area contributed by atoms with Gasteiger partial charge in [-0.15, -0.1) is 0 Å². The van der Waals surface area contributed by atoms with Gasteiger partial charge in [-0.2, -0.15) is 5.10 Å². The summed E-state index contributed by atoms with van der Waals surface area (Å²) in [5, 5.41) is 16.3. The van der Waals surface area contributed by atoms with Crippen LogP contribution in [0.5, 0.6) is 0 Å². The lowest BCUT2D eigenvalue weighted by Crippen LogP contribution is -2.02. The molecule has 1 rings (SSSR count). The van der Waals surface area contributed by atoms with Gasteiger partial charge >= 0.3 is 0 Å². The Labute approximate surface area is 122 Å². The maximum absolute atomic E-state index is 8.78. The Morgan fingerprint density at radius 1 is 1.20 bits per heavy atom. The van der Waals surface area contributed by atoms with E-state index in [-0.39, 0.29) is 0 Å². The average molecular weight is 279 g/mol. The van der Waals surface area contributed by atoms with Crippen molar-refractivity contribution in [3.63, 3.8) is 0 Å². The summed E-state index contributed by atoms with van der Waals surface area (Å²) in [6.45, 7) is 4.47. The van der Waals surface area contributed by atoms with Gasteiger partial charge in [0.2, 0.25) is 0 Å². The van der Waals surface area contributed by atoms with E-state index in [1.54, 1.807) is 0 Å². The van der Waals surface area contributed by atoms with Crippen molar-refractivity contribution in [2.45, 2.75) is 71.1 Å². The first-order chi connectivity index (χ1) is 9.72. The Morgan fingerprint density at radius 2 is 1.90 bits per heavy atom. The number of oxime groups is 1. The van der Waals surface area contributed by atoms with Gasteiger partial charge in [-0.25, -0.2) is 0 Å². The van der Waals surface area contributed by atoms with Gasteiger partial charge in [0.25, 0.3) is 0 Å². The molecule has 0 saturated carbocycles. The molecule has 4 nitrogen and oxygen atoms in total. The lowest BCUT2D eigenvalue weighted by atomic mass is 9.89. The highest BCUT2D eigenvalue weighted by atomic mass is 16.4. The first-order valence-corrected chi connectivity index (χ1v) is 7.93. The van der Waals surface area contributed by atoms with Crippen LogP contribution in [-0.2, 0) is 7.05 Å². The molecule has 0 aliphatic heterocycles. The number of hydrogen-bond donors (Lipinski definition) is 1. The van der Waals surface area contributed by atoms with Crippen molar-refractivity contribution in [3.8, 4) is 0 Å². The van der Waals surface area contributed by atoms with Gasteiger partial charge in [-0.05, 0) is 18.8 Å². The first-order valence-electron chi connectivity index (χ1n) is 7.93. The van der Waals surface area contributed by atoms with E-state index in [0.717, 1.165) is 5.69 Å². The highest BCUT2D eigenvalue weighted by Gasteiger charge is 2.17. The van der Waals surface area contributed by atoms with Crippen molar-refractivity contribution in [2.24, 2.45) is 12.2 Å². The Hall–Kier alpha value is -1.32. The quantitative estimate of drug-likeness (QED) is 0.297. The van der Waals surface area contributed by atoms with E-state index in [9.17, 15) is 0 Å². The molecule has 0 saturated heterocycles. The van der Waals surface area contributed by atoms with Crippen LogP contribution in [0.25, 0.3) is 0 Å². The van der Waals surface area contributed by atoms with E-state index in [4.69, 9.17) is 5.21 Å². The fourth-order valence-corrected chi connectivity index (χ4v) is 2.72. The maximum Gasteiger partial charge on any atom is 0.110 e. The minimum absolute atomic E-state index is 0.536. The Morgan fingerprint density at radius 3 is 2.55 bits per heavy atom. The normalized spacial score (nSPS) is 13.2. The van der Waals surface area contributed by atoms with Crippen LogP contribution in [0, 0.1) is 0 Å². The van der Waals surface area contributed by atoms with Crippen LogP contribution in [0.4, 0.5) is 0 Å². The summed E-state index contributed by atoms with van der Waals surface area (Å²) in [5.74, 6) is 0.536. The second kappa shape index (κ2) is 9.56. The summed E-state index contributed by atoms with van der Waals surface area (Å²) in [5.41, 5.74) is 2.04. The molecule has 114 valence electrons. The topological polar surface area (TPSA) is 50.4 Å². The smallest absolute Gasteiger partial charge is 0.110 e. The number of aromatic nitrogens is 2. The molecule has 0 fully saturated rings. The third kappa shape index (κ3) is 5.35. The average Bonchev–Trinajstić information content (AvgIpc) is 2.79. The molecule has 0 radical (unpaired) electrons. The number of aryl methyl sites for hydroxylation is 1. The maximum atomic E-state index is 8.78. The monoisotopic (exact) mass is 279 g/mol. The first kappa shape index (κ1) is 16.7. The predicted octanol–water partition coefficient (Wildman–Crippen LogP) is 4.47. The molecular weight excluding hydrogens is 250 g/mol. The van der Waals surface area contributed by atoms with Gasteiger partial charge in [-0.3, -0.25) is 4.68 Å². The zero-order valence-corrected chi connectivity index (χ0v) is 13.2. The minimum atomic E-state index is 0.536. The standard InChI is InChI=1S/C16H29N3O/c1-4-6-8-9-11-14(10-7-5-2)15-13-19(3)18-16(15)12-17-20/h12-14,20H,4-11H2,1-3H3/b17-12+. The second-order valence-corrected chi connectivity index (χ2v) is 5.58. The van der Waals surface area contributed by atoms with Gasteiger partial charge in [0.1, 0.15) is 5.69 Å². The van der Waals surface area contributed by atoms with Gasteiger partial charge in [0.05, 0.1) is 6.21 Å². The van der Waals surface area contributed by atoms with Crippen LogP contribution < -0.4 is 0 Å². The van der Waals surface area contributed by atoms with Gasteiger partial charge in [-0.1, -0.05) is 57.5 Å². The Kier molecular flexibility index (Phi) is 8.00. The van der Waals surface area contributed by atoms with Crippen LogP contribution in [0.15, 0.2) is 11.4 Å². The Bertz CT molecular complexity index is 398. The van der Waals surface area contributed by atoms with Crippen LogP contribution in [0.3, 0.4) is 0 Å². The van der Waals surface area contributed by atoms with Gasteiger partial charge in [0, 0.05) is 18.8 Å². The van der Waals surface area contributed by atoms with E-state index < -0.39 is 0 Å². The third-order valence-electron chi connectivity index (χ3n) is 3.82. The van der Waals surface area contributed by atoms with Crippen LogP contribution >= 0.6 is 0 Å². The zero-order valence-electron chi connectivity index (χ0n) is 13.2. The summed E-state index contributed by atoms with van der Waals surface area (Å²) in [4.78, 5) is 0. The Balaban J connectivity index is 2.75. The van der Waals surface area contributed by atoms with Gasteiger partial charge < -0.3 is 5.21 Å². The fourth-order valence-electron chi connectivity index (χ4n) is 2.72. The van der Waals surface area contributed by atoms with Crippen molar-refractivity contribution in [2.75, 3.05) is 0 Å². The summed E-state index contributed by atoms with van der Waals surface area (Å²) >= 11 is 0. The molecule has 1 unspecified atom stereocenters. The van der Waals surface area contributed by atoms with Crippen LogP contribution in [-0.4, -0.2) is 21.2 Å². The summed E-state index contributed by atoms with van der Waals surface area (Å²) in [6, 6.07) is 0. The number of rotatable bonds is 10. The van der Waals surface area contributed by atoms with E-state index in [2.05, 4.69) is 30.3 Å². The van der Waals surface area contributed by atoms with E-state index in [1.807, 2.05) is 11.7 Å². The number of hydrogen-bond acceptors (Lipinski definition) is 3. The highest BCUT2D eigenvalue weighted by Crippen LogP contribution is 2.29. The van der Waals surface area contributed by atoms with Crippen molar-refractivity contribution in [1.82, 2.24) is 9.78 Å². The van der Waals surface area contributed by atoms with Crippen molar-refractivity contribution < 1.29 is 5.21 Å². The fraction of sp³-hybridized carbons (Fsp3) is 0.750.